The van der Waals surface area contributed by atoms with Crippen LogP contribution < -0.4 is 5.32 Å². The van der Waals surface area contributed by atoms with E-state index < -0.39 is 0 Å². The van der Waals surface area contributed by atoms with Crippen molar-refractivity contribution in [3.8, 4) is 0 Å². The molecule has 1 aromatic heterocycles. The summed E-state index contributed by atoms with van der Waals surface area (Å²) in [7, 11) is 0. The third-order valence-electron chi connectivity index (χ3n) is 2.71. The summed E-state index contributed by atoms with van der Waals surface area (Å²) in [6.45, 7) is 3.96. The monoisotopic (exact) mass is 206 g/mol. The molecule has 1 atom stereocenters. The first-order valence-electron chi connectivity index (χ1n) is 5.63. The van der Waals surface area contributed by atoms with Gasteiger partial charge < -0.3 is 10.1 Å². The molecular formula is C12H18N2O. The highest BCUT2D eigenvalue weighted by atomic mass is 16.5. The molecule has 15 heavy (non-hydrogen) atoms. The van der Waals surface area contributed by atoms with Crippen LogP contribution in [0.25, 0.3) is 0 Å². The van der Waals surface area contributed by atoms with Gasteiger partial charge in [0.2, 0.25) is 0 Å². The van der Waals surface area contributed by atoms with Gasteiger partial charge in [-0.1, -0.05) is 0 Å². The Balaban J connectivity index is 1.73. The highest BCUT2D eigenvalue weighted by Gasteiger charge is 2.14. The van der Waals surface area contributed by atoms with Gasteiger partial charge in [0.15, 0.2) is 0 Å². The molecule has 0 aliphatic carbocycles. The fourth-order valence-electron chi connectivity index (χ4n) is 1.87. The Kier molecular flexibility index (Phi) is 3.56. The number of hydrogen-bond acceptors (Lipinski definition) is 3. The molecule has 0 amide bonds. The molecule has 0 radical (unpaired) electrons. The third-order valence-corrected chi connectivity index (χ3v) is 2.71. The van der Waals surface area contributed by atoms with E-state index in [2.05, 4.69) is 23.3 Å². The summed E-state index contributed by atoms with van der Waals surface area (Å²) in [6, 6.07) is 4.07. The van der Waals surface area contributed by atoms with Gasteiger partial charge in [0.25, 0.3) is 0 Å². The number of ether oxygens (including phenoxy) is 1. The van der Waals surface area contributed by atoms with E-state index in [0.717, 1.165) is 25.4 Å². The number of nitrogens with one attached hydrogen (secondary N) is 1. The van der Waals surface area contributed by atoms with Crippen LogP contribution in [0.5, 0.6) is 0 Å². The molecule has 1 aliphatic rings. The van der Waals surface area contributed by atoms with Gasteiger partial charge in [-0.2, -0.15) is 0 Å². The molecule has 2 heterocycles. The Bertz CT molecular complexity index is 308. The Labute approximate surface area is 90.9 Å². The number of rotatable bonds is 4. The van der Waals surface area contributed by atoms with Gasteiger partial charge in [0.1, 0.15) is 5.82 Å². The zero-order valence-corrected chi connectivity index (χ0v) is 9.20. The van der Waals surface area contributed by atoms with E-state index in [9.17, 15) is 0 Å². The van der Waals surface area contributed by atoms with Crippen molar-refractivity contribution in [1.29, 1.82) is 0 Å². The summed E-state index contributed by atoms with van der Waals surface area (Å²) in [5.74, 6) is 0.966. The molecule has 1 aliphatic heterocycles. The lowest BCUT2D eigenvalue weighted by Gasteiger charge is -2.10. The maximum absolute atomic E-state index is 5.55. The summed E-state index contributed by atoms with van der Waals surface area (Å²) in [5.41, 5.74) is 1.24. The molecule has 1 unspecified atom stereocenters. The second kappa shape index (κ2) is 5.12. The maximum atomic E-state index is 5.55. The van der Waals surface area contributed by atoms with Gasteiger partial charge in [0.05, 0.1) is 6.10 Å². The minimum Gasteiger partial charge on any atom is -0.378 e. The van der Waals surface area contributed by atoms with Crippen molar-refractivity contribution < 1.29 is 4.74 Å². The molecule has 0 bridgehead atoms. The van der Waals surface area contributed by atoms with Crippen molar-refractivity contribution in [1.82, 2.24) is 4.98 Å². The zero-order chi connectivity index (χ0) is 10.5. The van der Waals surface area contributed by atoms with Crippen molar-refractivity contribution in [2.75, 3.05) is 18.5 Å². The van der Waals surface area contributed by atoms with E-state index >= 15 is 0 Å². The summed E-state index contributed by atoms with van der Waals surface area (Å²) in [5, 5.41) is 3.32. The van der Waals surface area contributed by atoms with Crippen molar-refractivity contribution in [2.24, 2.45) is 0 Å². The van der Waals surface area contributed by atoms with E-state index in [1.165, 1.54) is 18.4 Å². The average molecular weight is 206 g/mol. The Morgan fingerprint density at radius 2 is 2.53 bits per heavy atom. The van der Waals surface area contributed by atoms with Crippen LogP contribution in [-0.4, -0.2) is 24.2 Å². The predicted molar refractivity (Wildman–Crippen MR) is 61.1 cm³/mol. The first kappa shape index (κ1) is 10.4. The van der Waals surface area contributed by atoms with Gasteiger partial charge in [-0.15, -0.1) is 0 Å². The molecule has 1 saturated heterocycles. The number of anilines is 1. The average Bonchev–Trinajstić information content (AvgIpc) is 2.71. The van der Waals surface area contributed by atoms with Gasteiger partial charge in [-0.25, -0.2) is 4.98 Å². The van der Waals surface area contributed by atoms with E-state index in [0.29, 0.717) is 6.10 Å². The number of aryl methyl sites for hydroxylation is 1. The highest BCUT2D eigenvalue weighted by Crippen LogP contribution is 2.15. The molecule has 1 fully saturated rings. The SMILES string of the molecule is Cc1ccnc(NCCC2CCCO2)c1. The summed E-state index contributed by atoms with van der Waals surface area (Å²) >= 11 is 0. The fourth-order valence-corrected chi connectivity index (χ4v) is 1.87. The quantitative estimate of drug-likeness (QED) is 0.821. The van der Waals surface area contributed by atoms with Crippen LogP contribution in [0, 0.1) is 6.92 Å². The smallest absolute Gasteiger partial charge is 0.126 e. The van der Waals surface area contributed by atoms with E-state index in [1.54, 1.807) is 0 Å². The molecule has 2 rings (SSSR count). The molecule has 82 valence electrons. The lowest BCUT2D eigenvalue weighted by molar-refractivity contribution is 0.107. The fraction of sp³-hybridized carbons (Fsp3) is 0.583. The Morgan fingerprint density at radius 1 is 1.60 bits per heavy atom. The molecule has 0 aromatic carbocycles. The second-order valence-electron chi connectivity index (χ2n) is 4.07. The molecule has 0 spiro atoms. The number of pyridine rings is 1. The van der Waals surface area contributed by atoms with Crippen LogP contribution in [0.15, 0.2) is 18.3 Å². The van der Waals surface area contributed by atoms with Gasteiger partial charge in [-0.3, -0.25) is 0 Å². The lowest BCUT2D eigenvalue weighted by Crippen LogP contribution is -2.12. The normalized spacial score (nSPS) is 20.5. The summed E-state index contributed by atoms with van der Waals surface area (Å²) < 4.78 is 5.55. The number of aromatic nitrogens is 1. The number of hydrogen-bond donors (Lipinski definition) is 1. The van der Waals surface area contributed by atoms with Crippen LogP contribution >= 0.6 is 0 Å². The summed E-state index contributed by atoms with van der Waals surface area (Å²) in [6.07, 6.45) is 5.80. The Morgan fingerprint density at radius 3 is 3.27 bits per heavy atom. The molecule has 3 heteroatoms. The van der Waals surface area contributed by atoms with E-state index in [1.807, 2.05) is 12.3 Å². The highest BCUT2D eigenvalue weighted by molar-refractivity contribution is 5.36. The van der Waals surface area contributed by atoms with E-state index in [-0.39, 0.29) is 0 Å². The van der Waals surface area contributed by atoms with Crippen molar-refractivity contribution in [3.05, 3.63) is 23.9 Å². The molecule has 1 aromatic rings. The molecule has 1 N–H and O–H groups in total. The van der Waals surface area contributed by atoms with Crippen molar-refractivity contribution >= 4 is 5.82 Å². The zero-order valence-electron chi connectivity index (χ0n) is 9.20. The predicted octanol–water partition coefficient (Wildman–Crippen LogP) is 2.37. The van der Waals surface area contributed by atoms with Crippen LogP contribution in [0.4, 0.5) is 5.82 Å². The molecule has 3 nitrogen and oxygen atoms in total. The minimum atomic E-state index is 0.460. The van der Waals surface area contributed by atoms with E-state index in [4.69, 9.17) is 4.74 Å². The molecule has 0 saturated carbocycles. The minimum absolute atomic E-state index is 0.460. The topological polar surface area (TPSA) is 34.2 Å². The first-order valence-corrected chi connectivity index (χ1v) is 5.63. The van der Waals surface area contributed by atoms with Crippen LogP contribution in [-0.2, 0) is 4.74 Å². The lowest BCUT2D eigenvalue weighted by atomic mass is 10.2. The number of nitrogens with zero attached hydrogens (tertiary/aromatic N) is 1. The first-order chi connectivity index (χ1) is 7.34. The second-order valence-corrected chi connectivity index (χ2v) is 4.07. The van der Waals surface area contributed by atoms with Crippen molar-refractivity contribution in [2.45, 2.75) is 32.3 Å². The van der Waals surface area contributed by atoms with Crippen LogP contribution in [0.1, 0.15) is 24.8 Å². The van der Waals surface area contributed by atoms with Gasteiger partial charge in [-0.05, 0) is 43.9 Å². The Hall–Kier alpha value is -1.09. The van der Waals surface area contributed by atoms with Crippen LogP contribution in [0.2, 0.25) is 0 Å². The third kappa shape index (κ3) is 3.20. The van der Waals surface area contributed by atoms with Crippen molar-refractivity contribution in [3.63, 3.8) is 0 Å². The summed E-state index contributed by atoms with van der Waals surface area (Å²) in [4.78, 5) is 4.25. The van der Waals surface area contributed by atoms with Gasteiger partial charge >= 0.3 is 0 Å². The largest absolute Gasteiger partial charge is 0.378 e. The van der Waals surface area contributed by atoms with Gasteiger partial charge in [0, 0.05) is 19.3 Å². The maximum Gasteiger partial charge on any atom is 0.126 e. The van der Waals surface area contributed by atoms with Crippen LogP contribution in [0.3, 0.4) is 0 Å². The molecular weight excluding hydrogens is 188 g/mol. The standard InChI is InChI=1S/C12H18N2O/c1-10-4-6-13-12(9-10)14-7-5-11-3-2-8-15-11/h4,6,9,11H,2-3,5,7-8H2,1H3,(H,13,14).